The fourth-order valence-corrected chi connectivity index (χ4v) is 2.56. The summed E-state index contributed by atoms with van der Waals surface area (Å²) in [5.41, 5.74) is 2.15. The summed E-state index contributed by atoms with van der Waals surface area (Å²) in [4.78, 5) is 15.0. The van der Waals surface area contributed by atoms with Gasteiger partial charge in [0.1, 0.15) is 24.0 Å². The molecule has 0 bridgehead atoms. The highest BCUT2D eigenvalue weighted by Gasteiger charge is 2.25. The van der Waals surface area contributed by atoms with Gasteiger partial charge in [0.05, 0.1) is 6.54 Å². The topological polar surface area (TPSA) is 51.1 Å². The summed E-state index contributed by atoms with van der Waals surface area (Å²) >= 11 is 0. The van der Waals surface area contributed by atoms with Crippen LogP contribution in [0.4, 0.5) is 5.82 Å². The number of rotatable bonds is 4. The zero-order valence-corrected chi connectivity index (χ0v) is 12.5. The average Bonchev–Trinajstić information content (AvgIpc) is 2.98. The zero-order chi connectivity index (χ0) is 14.7. The Morgan fingerprint density at radius 2 is 2.29 bits per heavy atom. The lowest BCUT2D eigenvalue weighted by atomic mass is 10.2. The quantitative estimate of drug-likeness (QED) is 0.863. The van der Waals surface area contributed by atoms with Crippen molar-refractivity contribution in [2.45, 2.75) is 32.8 Å². The van der Waals surface area contributed by atoms with Crippen LogP contribution in [0, 0.1) is 6.92 Å². The molecule has 1 fully saturated rings. The Balaban J connectivity index is 1.66. The molecule has 2 aromatic rings. The molecule has 0 amide bonds. The first-order chi connectivity index (χ1) is 10.3. The lowest BCUT2D eigenvalue weighted by Gasteiger charge is -2.18. The molecule has 5 nitrogen and oxygen atoms in total. The van der Waals surface area contributed by atoms with E-state index in [-0.39, 0.29) is 6.10 Å². The molecule has 0 radical (unpaired) electrons. The van der Waals surface area contributed by atoms with Crippen LogP contribution in [0.1, 0.15) is 24.6 Å². The van der Waals surface area contributed by atoms with Crippen molar-refractivity contribution in [2.75, 3.05) is 18.0 Å². The van der Waals surface area contributed by atoms with Crippen molar-refractivity contribution in [2.24, 2.45) is 0 Å². The molecule has 0 spiro atoms. The van der Waals surface area contributed by atoms with E-state index in [1.54, 1.807) is 12.5 Å². The highest BCUT2D eigenvalue weighted by Crippen LogP contribution is 2.24. The van der Waals surface area contributed by atoms with Crippen LogP contribution >= 0.6 is 0 Å². The molecular formula is C16H20N4O. The number of hydrogen-bond donors (Lipinski definition) is 0. The van der Waals surface area contributed by atoms with Gasteiger partial charge in [-0.05, 0) is 19.4 Å². The monoisotopic (exact) mass is 284 g/mol. The van der Waals surface area contributed by atoms with Gasteiger partial charge in [0.2, 0.25) is 0 Å². The van der Waals surface area contributed by atoms with Crippen molar-refractivity contribution in [1.29, 1.82) is 0 Å². The van der Waals surface area contributed by atoms with Crippen LogP contribution in [-0.2, 0) is 6.42 Å². The maximum Gasteiger partial charge on any atom is 0.132 e. The second-order valence-electron chi connectivity index (χ2n) is 5.34. The molecule has 110 valence electrons. The minimum absolute atomic E-state index is 0.200. The predicted molar refractivity (Wildman–Crippen MR) is 81.6 cm³/mol. The van der Waals surface area contributed by atoms with Crippen molar-refractivity contribution in [1.82, 2.24) is 15.0 Å². The number of ether oxygens (including phenoxy) is 1. The molecule has 3 rings (SSSR count). The van der Waals surface area contributed by atoms with Gasteiger partial charge in [0.25, 0.3) is 0 Å². The molecule has 1 unspecified atom stereocenters. The fraction of sp³-hybridized carbons (Fsp3) is 0.438. The van der Waals surface area contributed by atoms with Gasteiger partial charge in [0, 0.05) is 42.7 Å². The van der Waals surface area contributed by atoms with E-state index >= 15 is 0 Å². The summed E-state index contributed by atoms with van der Waals surface area (Å²) in [7, 11) is 0. The van der Waals surface area contributed by atoms with Crippen LogP contribution in [0.25, 0.3) is 0 Å². The Morgan fingerprint density at radius 1 is 1.38 bits per heavy atom. The lowest BCUT2D eigenvalue weighted by Crippen LogP contribution is -2.25. The maximum absolute atomic E-state index is 6.09. The van der Waals surface area contributed by atoms with Crippen molar-refractivity contribution in [3.8, 4) is 5.75 Å². The van der Waals surface area contributed by atoms with E-state index in [2.05, 4.69) is 32.8 Å². The fourth-order valence-electron chi connectivity index (χ4n) is 2.56. The molecule has 1 aliphatic heterocycles. The van der Waals surface area contributed by atoms with Crippen LogP contribution in [0.2, 0.25) is 0 Å². The highest BCUT2D eigenvalue weighted by molar-refractivity contribution is 5.40. The smallest absolute Gasteiger partial charge is 0.132 e. The molecule has 21 heavy (non-hydrogen) atoms. The van der Waals surface area contributed by atoms with E-state index in [9.17, 15) is 0 Å². The minimum atomic E-state index is 0.200. The zero-order valence-electron chi connectivity index (χ0n) is 12.5. The molecule has 2 aromatic heterocycles. The Morgan fingerprint density at radius 3 is 3.10 bits per heavy atom. The number of aromatic nitrogens is 3. The summed E-state index contributed by atoms with van der Waals surface area (Å²) in [6.07, 6.45) is 7.39. The number of aryl methyl sites for hydroxylation is 2. The van der Waals surface area contributed by atoms with Crippen LogP contribution in [0.5, 0.6) is 5.75 Å². The normalized spacial score (nSPS) is 18.0. The molecule has 0 aliphatic carbocycles. The molecule has 0 N–H and O–H groups in total. The van der Waals surface area contributed by atoms with E-state index in [0.29, 0.717) is 0 Å². The molecule has 1 atom stereocenters. The third kappa shape index (κ3) is 3.12. The maximum atomic E-state index is 6.09. The van der Waals surface area contributed by atoms with Crippen molar-refractivity contribution in [3.05, 3.63) is 42.1 Å². The van der Waals surface area contributed by atoms with E-state index in [0.717, 1.165) is 48.8 Å². The Bertz CT molecular complexity index is 617. The Hall–Kier alpha value is -2.17. The SMILES string of the molecule is CCc1cc(N2CCC(Oc3ccncc3C)C2)ncn1. The van der Waals surface area contributed by atoms with Crippen LogP contribution in [-0.4, -0.2) is 34.1 Å². The minimum Gasteiger partial charge on any atom is -0.488 e. The third-order valence-corrected chi connectivity index (χ3v) is 3.80. The van der Waals surface area contributed by atoms with E-state index in [4.69, 9.17) is 4.74 Å². The summed E-state index contributed by atoms with van der Waals surface area (Å²) < 4.78 is 6.09. The molecular weight excluding hydrogens is 264 g/mol. The third-order valence-electron chi connectivity index (χ3n) is 3.80. The molecule has 3 heterocycles. The Kier molecular flexibility index (Phi) is 3.99. The van der Waals surface area contributed by atoms with E-state index < -0.39 is 0 Å². The number of nitrogens with zero attached hydrogens (tertiary/aromatic N) is 4. The van der Waals surface area contributed by atoms with Gasteiger partial charge in [-0.2, -0.15) is 0 Å². The number of pyridine rings is 1. The van der Waals surface area contributed by atoms with Gasteiger partial charge in [-0.3, -0.25) is 4.98 Å². The highest BCUT2D eigenvalue weighted by atomic mass is 16.5. The molecule has 1 saturated heterocycles. The summed E-state index contributed by atoms with van der Waals surface area (Å²) in [6.45, 7) is 5.96. The summed E-state index contributed by atoms with van der Waals surface area (Å²) in [5, 5.41) is 0. The van der Waals surface area contributed by atoms with Crippen LogP contribution in [0.3, 0.4) is 0 Å². The lowest BCUT2D eigenvalue weighted by molar-refractivity contribution is 0.223. The van der Waals surface area contributed by atoms with Crippen LogP contribution < -0.4 is 9.64 Å². The van der Waals surface area contributed by atoms with Crippen molar-refractivity contribution >= 4 is 5.82 Å². The first kappa shape index (κ1) is 13.8. The summed E-state index contributed by atoms with van der Waals surface area (Å²) in [5.74, 6) is 1.92. The largest absolute Gasteiger partial charge is 0.488 e. The predicted octanol–water partition coefficient (Wildman–Crippen LogP) is 2.40. The summed E-state index contributed by atoms with van der Waals surface area (Å²) in [6, 6.07) is 4.00. The van der Waals surface area contributed by atoms with Gasteiger partial charge >= 0.3 is 0 Å². The molecule has 0 saturated carbocycles. The Labute approximate surface area is 125 Å². The van der Waals surface area contributed by atoms with Gasteiger partial charge < -0.3 is 9.64 Å². The van der Waals surface area contributed by atoms with Gasteiger partial charge in [-0.1, -0.05) is 6.92 Å². The number of hydrogen-bond acceptors (Lipinski definition) is 5. The standard InChI is InChI=1S/C16H20N4O/c1-3-13-8-16(19-11-18-13)20-7-5-14(10-20)21-15-4-6-17-9-12(15)2/h4,6,8-9,11,14H,3,5,7,10H2,1-2H3. The first-order valence-electron chi connectivity index (χ1n) is 7.39. The van der Waals surface area contributed by atoms with Crippen LogP contribution in [0.15, 0.2) is 30.9 Å². The second kappa shape index (κ2) is 6.08. The molecule has 1 aliphatic rings. The average molecular weight is 284 g/mol. The molecule has 5 heteroatoms. The first-order valence-corrected chi connectivity index (χ1v) is 7.39. The van der Waals surface area contributed by atoms with Gasteiger partial charge in [-0.15, -0.1) is 0 Å². The molecule has 0 aromatic carbocycles. The van der Waals surface area contributed by atoms with Crippen molar-refractivity contribution in [3.63, 3.8) is 0 Å². The van der Waals surface area contributed by atoms with Gasteiger partial charge in [-0.25, -0.2) is 9.97 Å². The van der Waals surface area contributed by atoms with Gasteiger partial charge in [0.15, 0.2) is 0 Å². The second-order valence-corrected chi connectivity index (χ2v) is 5.34. The van der Waals surface area contributed by atoms with E-state index in [1.807, 2.05) is 19.2 Å². The van der Waals surface area contributed by atoms with E-state index in [1.165, 1.54) is 0 Å². The van der Waals surface area contributed by atoms with Crippen molar-refractivity contribution < 1.29 is 4.74 Å². The number of anilines is 1.